The molecule has 108 valence electrons. The Labute approximate surface area is 119 Å². The van der Waals surface area contributed by atoms with Gasteiger partial charge in [-0.25, -0.2) is 0 Å². The molecule has 4 heteroatoms. The molecule has 2 heterocycles. The van der Waals surface area contributed by atoms with Crippen LogP contribution < -0.4 is 0 Å². The Bertz CT molecular complexity index is 517. The molecule has 3 rings (SSSR count). The number of rotatable bonds is 1. The highest BCUT2D eigenvalue weighted by atomic mass is 16.3. The minimum atomic E-state index is -0.247. The number of hydrogen-bond donors (Lipinski definition) is 1. The normalized spacial score (nSPS) is 29.9. The lowest BCUT2D eigenvalue weighted by molar-refractivity contribution is -0.00557. The molecule has 1 amide bonds. The number of amides is 1. The number of piperidine rings is 1. The molecule has 2 aliphatic rings. The molecule has 20 heavy (non-hydrogen) atoms. The molecule has 0 radical (unpaired) electrons. The van der Waals surface area contributed by atoms with Gasteiger partial charge in [0.25, 0.3) is 5.91 Å². The van der Waals surface area contributed by atoms with Gasteiger partial charge in [0.05, 0.1) is 6.10 Å². The lowest BCUT2D eigenvalue weighted by Gasteiger charge is -2.42. The Morgan fingerprint density at radius 3 is 2.95 bits per heavy atom. The van der Waals surface area contributed by atoms with Crippen LogP contribution in [-0.2, 0) is 0 Å². The van der Waals surface area contributed by atoms with Crippen LogP contribution in [0.25, 0.3) is 0 Å². The fourth-order valence-electron chi connectivity index (χ4n) is 3.79. The Kier molecular flexibility index (Phi) is 3.50. The quantitative estimate of drug-likeness (QED) is 0.853. The van der Waals surface area contributed by atoms with E-state index in [4.69, 9.17) is 0 Å². The van der Waals surface area contributed by atoms with Crippen LogP contribution in [-0.4, -0.2) is 40.1 Å². The summed E-state index contributed by atoms with van der Waals surface area (Å²) < 4.78 is 0. The highest BCUT2D eigenvalue weighted by Crippen LogP contribution is 2.45. The first-order chi connectivity index (χ1) is 9.62. The van der Waals surface area contributed by atoms with Crippen LogP contribution in [0.2, 0.25) is 0 Å². The predicted molar refractivity (Wildman–Crippen MR) is 76.4 cm³/mol. The summed E-state index contributed by atoms with van der Waals surface area (Å²) in [5, 5.41) is 10.3. The lowest BCUT2D eigenvalue weighted by Crippen LogP contribution is -2.49. The number of aliphatic hydroxyl groups is 1. The van der Waals surface area contributed by atoms with Gasteiger partial charge >= 0.3 is 0 Å². The van der Waals surface area contributed by atoms with E-state index in [2.05, 4.69) is 4.98 Å². The fraction of sp³-hybridized carbons (Fsp3) is 0.625. The number of aliphatic hydroxyl groups excluding tert-OH is 1. The summed E-state index contributed by atoms with van der Waals surface area (Å²) >= 11 is 0. The van der Waals surface area contributed by atoms with Gasteiger partial charge in [0.2, 0.25) is 0 Å². The van der Waals surface area contributed by atoms with Crippen LogP contribution in [0.4, 0.5) is 0 Å². The van der Waals surface area contributed by atoms with Gasteiger partial charge in [-0.15, -0.1) is 0 Å². The largest absolute Gasteiger partial charge is 0.392 e. The highest BCUT2D eigenvalue weighted by Gasteiger charge is 2.45. The summed E-state index contributed by atoms with van der Waals surface area (Å²) in [7, 11) is 0. The molecule has 0 bridgehead atoms. The third-order valence-electron chi connectivity index (χ3n) is 4.97. The van der Waals surface area contributed by atoms with Crippen LogP contribution >= 0.6 is 0 Å². The number of aryl methyl sites for hydroxylation is 1. The van der Waals surface area contributed by atoms with E-state index in [1.807, 2.05) is 24.0 Å². The molecule has 1 N–H and O–H groups in total. The van der Waals surface area contributed by atoms with Crippen LogP contribution in [0.5, 0.6) is 0 Å². The summed E-state index contributed by atoms with van der Waals surface area (Å²) in [6.07, 6.45) is 6.44. The van der Waals surface area contributed by atoms with Gasteiger partial charge in [-0.3, -0.25) is 9.78 Å². The van der Waals surface area contributed by atoms with Crippen molar-refractivity contribution in [2.45, 2.75) is 45.1 Å². The maximum Gasteiger partial charge on any atom is 0.272 e. The number of carbonyl (C=O) groups excluding carboxylic acids is 1. The van der Waals surface area contributed by atoms with Crippen molar-refractivity contribution >= 4 is 5.91 Å². The average Bonchev–Trinajstić information content (AvgIpc) is 2.79. The standard InChI is InChI=1S/C16H22N2O2/c1-12-5-3-9-17-14(12)15(20)18-10-4-8-16(11-18)7-2-6-13(16)19/h3,5,9,13,19H,2,4,6-8,10-11H2,1H3/t13-,16-/m1/s1. The van der Waals surface area contributed by atoms with E-state index >= 15 is 0 Å². The zero-order valence-corrected chi connectivity index (χ0v) is 12.0. The Morgan fingerprint density at radius 1 is 1.45 bits per heavy atom. The van der Waals surface area contributed by atoms with Crippen molar-refractivity contribution in [3.05, 3.63) is 29.6 Å². The first-order valence-electron chi connectivity index (χ1n) is 7.51. The Morgan fingerprint density at radius 2 is 2.25 bits per heavy atom. The molecule has 0 aromatic carbocycles. The maximum absolute atomic E-state index is 12.6. The van der Waals surface area contributed by atoms with Crippen molar-refractivity contribution in [1.29, 1.82) is 0 Å². The van der Waals surface area contributed by atoms with Gasteiger partial charge < -0.3 is 10.0 Å². The first kappa shape index (κ1) is 13.6. The zero-order valence-electron chi connectivity index (χ0n) is 12.0. The second-order valence-electron chi connectivity index (χ2n) is 6.27. The second-order valence-corrected chi connectivity index (χ2v) is 6.27. The van der Waals surface area contributed by atoms with Crippen LogP contribution in [0.1, 0.15) is 48.2 Å². The molecule has 1 aliphatic carbocycles. The van der Waals surface area contributed by atoms with Gasteiger partial charge in [0, 0.05) is 24.7 Å². The summed E-state index contributed by atoms with van der Waals surface area (Å²) in [5.74, 6) is 0.0151. The minimum absolute atomic E-state index is 0.0151. The van der Waals surface area contributed by atoms with Crippen LogP contribution in [0.3, 0.4) is 0 Å². The van der Waals surface area contributed by atoms with E-state index in [9.17, 15) is 9.90 Å². The topological polar surface area (TPSA) is 53.4 Å². The minimum Gasteiger partial charge on any atom is -0.392 e. The SMILES string of the molecule is Cc1cccnc1C(=O)N1CCC[C@]2(CCC[C@H]2O)C1. The van der Waals surface area contributed by atoms with Crippen molar-refractivity contribution in [2.24, 2.45) is 5.41 Å². The van der Waals surface area contributed by atoms with Crippen LogP contribution in [0.15, 0.2) is 18.3 Å². The molecular formula is C16H22N2O2. The third-order valence-corrected chi connectivity index (χ3v) is 4.97. The van der Waals surface area contributed by atoms with Crippen molar-refractivity contribution in [3.8, 4) is 0 Å². The van der Waals surface area contributed by atoms with E-state index in [1.165, 1.54) is 0 Å². The molecule has 4 nitrogen and oxygen atoms in total. The first-order valence-corrected chi connectivity index (χ1v) is 7.51. The van der Waals surface area contributed by atoms with Gasteiger partial charge in [-0.1, -0.05) is 12.5 Å². The number of likely N-dealkylation sites (tertiary alicyclic amines) is 1. The molecule has 1 spiro atoms. The van der Waals surface area contributed by atoms with Gasteiger partial charge in [0.15, 0.2) is 0 Å². The van der Waals surface area contributed by atoms with Gasteiger partial charge in [-0.2, -0.15) is 0 Å². The summed E-state index contributed by atoms with van der Waals surface area (Å²) in [5.41, 5.74) is 1.41. The fourth-order valence-corrected chi connectivity index (χ4v) is 3.79. The smallest absolute Gasteiger partial charge is 0.272 e. The van der Waals surface area contributed by atoms with E-state index < -0.39 is 0 Å². The number of aromatic nitrogens is 1. The lowest BCUT2D eigenvalue weighted by atomic mass is 9.76. The molecule has 2 atom stereocenters. The number of nitrogens with zero attached hydrogens (tertiary/aromatic N) is 2. The predicted octanol–water partition coefficient (Wildman–Crippen LogP) is 2.16. The summed E-state index contributed by atoms with van der Waals surface area (Å²) in [4.78, 5) is 18.8. The molecular weight excluding hydrogens is 252 g/mol. The molecule has 1 saturated heterocycles. The highest BCUT2D eigenvalue weighted by molar-refractivity contribution is 5.93. The van der Waals surface area contributed by atoms with E-state index in [0.717, 1.165) is 44.2 Å². The monoisotopic (exact) mass is 274 g/mol. The van der Waals surface area contributed by atoms with Gasteiger partial charge in [-0.05, 0) is 44.2 Å². The van der Waals surface area contributed by atoms with Crippen molar-refractivity contribution in [2.75, 3.05) is 13.1 Å². The van der Waals surface area contributed by atoms with Crippen molar-refractivity contribution in [3.63, 3.8) is 0 Å². The van der Waals surface area contributed by atoms with E-state index in [0.29, 0.717) is 12.2 Å². The van der Waals surface area contributed by atoms with Crippen LogP contribution in [0, 0.1) is 12.3 Å². The van der Waals surface area contributed by atoms with Crippen molar-refractivity contribution < 1.29 is 9.90 Å². The van der Waals surface area contributed by atoms with Gasteiger partial charge in [0.1, 0.15) is 5.69 Å². The molecule has 1 aromatic heterocycles. The number of pyridine rings is 1. The van der Waals surface area contributed by atoms with Crippen molar-refractivity contribution in [1.82, 2.24) is 9.88 Å². The average molecular weight is 274 g/mol. The second kappa shape index (κ2) is 5.17. The summed E-state index contributed by atoms with van der Waals surface area (Å²) in [6, 6.07) is 3.77. The number of carbonyl (C=O) groups is 1. The Hall–Kier alpha value is -1.42. The molecule has 1 aliphatic heterocycles. The zero-order chi connectivity index (χ0) is 14.2. The molecule has 1 saturated carbocycles. The molecule has 1 aromatic rings. The molecule has 0 unspecified atom stereocenters. The number of hydrogen-bond acceptors (Lipinski definition) is 3. The third kappa shape index (κ3) is 2.22. The maximum atomic E-state index is 12.6. The van der Waals surface area contributed by atoms with E-state index in [-0.39, 0.29) is 17.4 Å². The molecule has 2 fully saturated rings. The van der Waals surface area contributed by atoms with E-state index in [1.54, 1.807) is 6.20 Å². The summed E-state index contributed by atoms with van der Waals surface area (Å²) in [6.45, 7) is 3.39. The Balaban J connectivity index is 1.81.